The number of anilines is 1. The quantitative estimate of drug-likeness (QED) is 0.588. The molecule has 32 heavy (non-hydrogen) atoms. The number of hydrogen-bond acceptors (Lipinski definition) is 4. The number of aryl methyl sites for hydroxylation is 1. The van der Waals surface area contributed by atoms with E-state index in [1.54, 1.807) is 42.5 Å². The minimum absolute atomic E-state index is 0.113. The van der Waals surface area contributed by atoms with Crippen molar-refractivity contribution in [3.8, 4) is 5.75 Å². The minimum atomic E-state index is -3.99. The number of para-hydroxylation sites is 2. The molecule has 4 rings (SSSR count). The maximum atomic E-state index is 13.5. The second-order valence-electron chi connectivity index (χ2n) is 7.71. The number of methoxy groups -OCH3 is 1. The molecular formula is C25H26N2O4S. The lowest BCUT2D eigenvalue weighted by Crippen LogP contribution is -2.42. The number of carbonyl (C=O) groups is 1. The molecule has 6 nitrogen and oxygen atoms in total. The Morgan fingerprint density at radius 2 is 1.69 bits per heavy atom. The summed E-state index contributed by atoms with van der Waals surface area (Å²) in [5.74, 6) is 0.0138. The van der Waals surface area contributed by atoms with E-state index in [4.69, 9.17) is 4.74 Å². The first-order chi connectivity index (χ1) is 15.5. The van der Waals surface area contributed by atoms with Crippen LogP contribution in [0, 0.1) is 0 Å². The first-order valence-electron chi connectivity index (χ1n) is 10.6. The zero-order valence-corrected chi connectivity index (χ0v) is 18.7. The van der Waals surface area contributed by atoms with Crippen molar-refractivity contribution in [2.24, 2.45) is 0 Å². The van der Waals surface area contributed by atoms with Crippen LogP contribution in [0.25, 0.3) is 0 Å². The van der Waals surface area contributed by atoms with Gasteiger partial charge in [-0.1, -0.05) is 54.6 Å². The van der Waals surface area contributed by atoms with Crippen molar-refractivity contribution in [2.75, 3.05) is 18.0 Å². The van der Waals surface area contributed by atoms with Gasteiger partial charge in [0, 0.05) is 0 Å². The third-order valence-electron chi connectivity index (χ3n) is 5.68. The van der Waals surface area contributed by atoms with Gasteiger partial charge in [-0.2, -0.15) is 0 Å². The van der Waals surface area contributed by atoms with Gasteiger partial charge in [0.2, 0.25) is 5.91 Å². The molecule has 0 fully saturated rings. The van der Waals surface area contributed by atoms with Gasteiger partial charge in [0.1, 0.15) is 12.3 Å². The molecule has 0 spiro atoms. The molecule has 1 aliphatic carbocycles. The summed E-state index contributed by atoms with van der Waals surface area (Å²) in [7, 11) is -2.51. The van der Waals surface area contributed by atoms with Crippen molar-refractivity contribution >= 4 is 21.6 Å². The third kappa shape index (κ3) is 4.48. The highest BCUT2D eigenvalue weighted by Crippen LogP contribution is 2.33. The van der Waals surface area contributed by atoms with E-state index in [2.05, 4.69) is 11.4 Å². The average Bonchev–Trinajstić information content (AvgIpc) is 2.83. The second kappa shape index (κ2) is 9.44. The highest BCUT2D eigenvalue weighted by molar-refractivity contribution is 7.92. The van der Waals surface area contributed by atoms with Crippen molar-refractivity contribution in [3.05, 3.63) is 90.0 Å². The maximum absolute atomic E-state index is 13.5. The van der Waals surface area contributed by atoms with Crippen LogP contribution in [0.4, 0.5) is 5.69 Å². The van der Waals surface area contributed by atoms with Gasteiger partial charge in [-0.15, -0.1) is 0 Å². The molecule has 1 atom stereocenters. The lowest BCUT2D eigenvalue weighted by atomic mass is 9.88. The van der Waals surface area contributed by atoms with Crippen molar-refractivity contribution in [1.82, 2.24) is 5.32 Å². The molecule has 0 aliphatic heterocycles. The molecule has 1 amide bonds. The smallest absolute Gasteiger partial charge is 0.264 e. The molecule has 1 N–H and O–H groups in total. The topological polar surface area (TPSA) is 75.7 Å². The maximum Gasteiger partial charge on any atom is 0.264 e. The van der Waals surface area contributed by atoms with Crippen LogP contribution >= 0.6 is 0 Å². The van der Waals surface area contributed by atoms with Crippen LogP contribution < -0.4 is 14.4 Å². The number of carbonyl (C=O) groups excluding carboxylic acids is 1. The van der Waals surface area contributed by atoms with Crippen LogP contribution in [0.5, 0.6) is 5.75 Å². The van der Waals surface area contributed by atoms with Gasteiger partial charge >= 0.3 is 0 Å². The zero-order chi connectivity index (χ0) is 22.6. The fourth-order valence-corrected chi connectivity index (χ4v) is 5.58. The fraction of sp³-hybridized carbons (Fsp3) is 0.240. The summed E-state index contributed by atoms with van der Waals surface area (Å²) < 4.78 is 33.5. The molecule has 166 valence electrons. The van der Waals surface area contributed by atoms with E-state index in [9.17, 15) is 13.2 Å². The Hall–Kier alpha value is -3.32. The zero-order valence-electron chi connectivity index (χ0n) is 17.9. The first-order valence-corrected chi connectivity index (χ1v) is 12.0. The minimum Gasteiger partial charge on any atom is -0.495 e. The number of fused-ring (bicyclic) bond motifs is 1. The summed E-state index contributed by atoms with van der Waals surface area (Å²) in [6, 6.07) is 22.8. The highest BCUT2D eigenvalue weighted by atomic mass is 32.2. The molecule has 0 radical (unpaired) electrons. The van der Waals surface area contributed by atoms with E-state index >= 15 is 0 Å². The van der Waals surface area contributed by atoms with E-state index in [1.807, 2.05) is 18.2 Å². The predicted octanol–water partition coefficient (Wildman–Crippen LogP) is 4.08. The average molecular weight is 451 g/mol. The summed E-state index contributed by atoms with van der Waals surface area (Å²) in [6.45, 7) is -0.351. The number of hydrogen-bond donors (Lipinski definition) is 1. The monoisotopic (exact) mass is 450 g/mol. The summed E-state index contributed by atoms with van der Waals surface area (Å²) in [5, 5.41) is 3.05. The number of sulfonamides is 1. The van der Waals surface area contributed by atoms with E-state index < -0.39 is 10.0 Å². The summed E-state index contributed by atoms with van der Waals surface area (Å²) >= 11 is 0. The molecule has 1 aliphatic rings. The Morgan fingerprint density at radius 1 is 1.00 bits per heavy atom. The number of ether oxygens (including phenoxy) is 1. The van der Waals surface area contributed by atoms with Crippen molar-refractivity contribution in [2.45, 2.75) is 30.2 Å². The molecule has 0 aromatic heterocycles. The highest BCUT2D eigenvalue weighted by Gasteiger charge is 2.30. The lowest BCUT2D eigenvalue weighted by Gasteiger charge is -2.29. The van der Waals surface area contributed by atoms with E-state index in [0.717, 1.165) is 29.1 Å². The molecule has 0 bridgehead atoms. The molecule has 0 saturated heterocycles. The standard InChI is InChI=1S/C25H26N2O4S/c1-31-24-17-8-7-16-23(24)27(32(29,30)20-12-3-2-4-13-20)18-25(28)26-22-15-9-11-19-10-5-6-14-21(19)22/h2-8,10,12-14,16-17,22H,9,11,15,18H2,1H3,(H,26,28)/t22-/m0/s1. The Labute approximate surface area is 188 Å². The van der Waals surface area contributed by atoms with Gasteiger partial charge < -0.3 is 10.1 Å². The van der Waals surface area contributed by atoms with Crippen LogP contribution in [-0.4, -0.2) is 28.0 Å². The summed E-state index contributed by atoms with van der Waals surface area (Å²) in [4.78, 5) is 13.2. The van der Waals surface area contributed by atoms with Gasteiger partial charge in [0.15, 0.2) is 0 Å². The summed E-state index contributed by atoms with van der Waals surface area (Å²) in [5.41, 5.74) is 2.64. The molecule has 0 unspecified atom stereocenters. The number of amides is 1. The van der Waals surface area contributed by atoms with Crippen molar-refractivity contribution in [3.63, 3.8) is 0 Å². The SMILES string of the molecule is COc1ccccc1N(CC(=O)N[C@H]1CCCc2ccccc21)S(=O)(=O)c1ccccc1. The first kappa shape index (κ1) is 21.9. The number of nitrogens with one attached hydrogen (secondary N) is 1. The van der Waals surface area contributed by atoms with Gasteiger partial charge in [0.05, 0.1) is 23.7 Å². The largest absolute Gasteiger partial charge is 0.495 e. The normalized spacial score (nSPS) is 15.5. The van der Waals surface area contributed by atoms with Crippen molar-refractivity contribution in [1.29, 1.82) is 0 Å². The Morgan fingerprint density at radius 3 is 2.47 bits per heavy atom. The molecule has 0 heterocycles. The Bertz CT molecular complexity index is 1200. The number of rotatable bonds is 7. The molecule has 0 saturated carbocycles. The van der Waals surface area contributed by atoms with E-state index in [-0.39, 0.29) is 23.4 Å². The molecular weight excluding hydrogens is 424 g/mol. The third-order valence-corrected chi connectivity index (χ3v) is 7.45. The van der Waals surface area contributed by atoms with Crippen LogP contribution in [0.1, 0.15) is 30.0 Å². The lowest BCUT2D eigenvalue weighted by molar-refractivity contribution is -0.120. The van der Waals surface area contributed by atoms with Gasteiger partial charge in [-0.3, -0.25) is 9.10 Å². The van der Waals surface area contributed by atoms with Crippen LogP contribution in [-0.2, 0) is 21.2 Å². The second-order valence-corrected chi connectivity index (χ2v) is 9.57. The van der Waals surface area contributed by atoms with Gasteiger partial charge in [-0.25, -0.2) is 8.42 Å². The van der Waals surface area contributed by atoms with Crippen LogP contribution in [0.15, 0.2) is 83.8 Å². The van der Waals surface area contributed by atoms with Crippen LogP contribution in [0.2, 0.25) is 0 Å². The van der Waals surface area contributed by atoms with E-state index in [1.165, 1.54) is 24.8 Å². The fourth-order valence-electron chi connectivity index (χ4n) is 4.13. The number of nitrogens with zero attached hydrogens (tertiary/aromatic N) is 1. The van der Waals surface area contributed by atoms with Gasteiger partial charge in [0.25, 0.3) is 10.0 Å². The van der Waals surface area contributed by atoms with Gasteiger partial charge in [-0.05, 0) is 54.7 Å². The Balaban J connectivity index is 1.65. The Kier molecular flexibility index (Phi) is 6.46. The molecule has 3 aromatic rings. The van der Waals surface area contributed by atoms with Crippen molar-refractivity contribution < 1.29 is 17.9 Å². The molecule has 3 aromatic carbocycles. The predicted molar refractivity (Wildman–Crippen MR) is 124 cm³/mol. The number of benzene rings is 3. The molecule has 7 heteroatoms. The van der Waals surface area contributed by atoms with Crippen LogP contribution in [0.3, 0.4) is 0 Å². The summed E-state index contributed by atoms with van der Waals surface area (Å²) in [6.07, 6.45) is 2.78. The van der Waals surface area contributed by atoms with E-state index in [0.29, 0.717) is 11.4 Å².